The first-order valence-electron chi connectivity index (χ1n) is 26.7. The molecule has 0 aromatic rings. The fourth-order valence-corrected chi connectivity index (χ4v) is 7.79. The number of aliphatic hydroxyl groups excluding tert-OH is 2. The molecule has 1 amide bonds. The normalized spacial score (nSPS) is 13.8. The van der Waals surface area contributed by atoms with E-state index in [1.54, 1.807) is 0 Å². The highest BCUT2D eigenvalue weighted by atomic mass is 16.5. The molecule has 3 unspecified atom stereocenters. The van der Waals surface area contributed by atoms with Gasteiger partial charge in [-0.2, -0.15) is 0 Å². The van der Waals surface area contributed by atoms with Gasteiger partial charge < -0.3 is 20.3 Å². The molecule has 0 heterocycles. The number of unbranched alkanes of at least 4 members (excludes halogenated alkanes) is 25. The molecule has 0 aromatic carbocycles. The van der Waals surface area contributed by atoms with Crippen LogP contribution < -0.4 is 5.32 Å². The van der Waals surface area contributed by atoms with E-state index in [0.717, 1.165) is 103 Å². The standard InChI is InChI=1S/C57H101NO5/c1-4-7-10-13-16-19-22-25-26-27-28-29-30-32-35-38-41-44-47-50-57(62)63-53(48-45-42-39-36-33-31-23-20-17-14-11-8-5-2)51-56(61)58-54(52-59)55(60)49-46-43-40-37-34-24-21-18-15-12-9-6-3/h8,11,14,16-17,19-20,23,25-26,28-29,53-55,59-60H,4-7,9-10,12-13,15,18,21-22,24,27,30-52H2,1-3H3,(H,58,61)/b11-8+,17-14+,19-16-,23-20+,26-25-,29-28-. The largest absolute Gasteiger partial charge is 0.462 e. The number of allylic oxidation sites excluding steroid dienone is 12. The lowest BCUT2D eigenvalue weighted by Crippen LogP contribution is -2.46. The molecule has 0 aliphatic rings. The van der Waals surface area contributed by atoms with Crippen LogP contribution in [-0.2, 0) is 14.3 Å². The average Bonchev–Trinajstić information content (AvgIpc) is 3.28. The second-order valence-electron chi connectivity index (χ2n) is 18.0. The summed E-state index contributed by atoms with van der Waals surface area (Å²) in [6.45, 7) is 6.32. The maximum atomic E-state index is 13.2. The molecule has 0 aliphatic carbocycles. The average molecular weight is 880 g/mol. The molecule has 0 saturated carbocycles. The van der Waals surface area contributed by atoms with Gasteiger partial charge in [0, 0.05) is 6.42 Å². The quantitative estimate of drug-likeness (QED) is 0.0245. The topological polar surface area (TPSA) is 95.9 Å². The molecule has 0 rings (SSSR count). The number of rotatable bonds is 47. The van der Waals surface area contributed by atoms with Gasteiger partial charge in [-0.1, -0.05) is 229 Å². The molecule has 6 nitrogen and oxygen atoms in total. The fraction of sp³-hybridized carbons (Fsp3) is 0.754. The van der Waals surface area contributed by atoms with Gasteiger partial charge in [0.2, 0.25) is 5.91 Å². The van der Waals surface area contributed by atoms with E-state index >= 15 is 0 Å². The molecule has 63 heavy (non-hydrogen) atoms. The molecule has 0 aromatic heterocycles. The molecular weight excluding hydrogens is 779 g/mol. The van der Waals surface area contributed by atoms with Gasteiger partial charge in [-0.25, -0.2) is 0 Å². The molecule has 3 atom stereocenters. The van der Waals surface area contributed by atoms with Crippen molar-refractivity contribution < 1.29 is 24.5 Å². The van der Waals surface area contributed by atoms with Gasteiger partial charge in [-0.05, 0) is 83.5 Å². The third-order valence-corrected chi connectivity index (χ3v) is 11.8. The zero-order valence-electron chi connectivity index (χ0n) is 41.4. The zero-order chi connectivity index (χ0) is 45.9. The maximum absolute atomic E-state index is 13.2. The number of hydrogen-bond donors (Lipinski definition) is 3. The minimum absolute atomic E-state index is 0.0561. The van der Waals surface area contributed by atoms with Crippen molar-refractivity contribution in [1.82, 2.24) is 5.32 Å². The van der Waals surface area contributed by atoms with E-state index in [9.17, 15) is 19.8 Å². The summed E-state index contributed by atoms with van der Waals surface area (Å²) < 4.78 is 5.93. The predicted molar refractivity (Wildman–Crippen MR) is 273 cm³/mol. The van der Waals surface area contributed by atoms with Crippen LogP contribution >= 0.6 is 0 Å². The SMILES string of the molecule is CC/C=C/C=C/C=C/CCCCCCCC(CC(=O)NC(CO)C(O)CCCCCCCCCCCCCC)OC(=O)CCCCCCCC/C=C\C/C=C\C/C=C\CCCCC. The Hall–Kier alpha value is -2.70. The predicted octanol–water partition coefficient (Wildman–Crippen LogP) is 16.2. The summed E-state index contributed by atoms with van der Waals surface area (Å²) in [5.41, 5.74) is 0. The monoisotopic (exact) mass is 880 g/mol. The second-order valence-corrected chi connectivity index (χ2v) is 18.0. The Bertz CT molecular complexity index is 1170. The van der Waals surface area contributed by atoms with Crippen LogP contribution in [0.25, 0.3) is 0 Å². The molecule has 6 heteroatoms. The third-order valence-electron chi connectivity index (χ3n) is 11.8. The second kappa shape index (κ2) is 50.3. The summed E-state index contributed by atoms with van der Waals surface area (Å²) in [7, 11) is 0. The van der Waals surface area contributed by atoms with Gasteiger partial charge in [0.25, 0.3) is 0 Å². The molecular formula is C57H101NO5. The number of ether oxygens (including phenoxy) is 1. The first kappa shape index (κ1) is 60.3. The summed E-state index contributed by atoms with van der Waals surface area (Å²) in [5.74, 6) is -0.509. The van der Waals surface area contributed by atoms with Crippen molar-refractivity contribution in [3.05, 3.63) is 72.9 Å². The number of hydrogen-bond acceptors (Lipinski definition) is 5. The highest BCUT2D eigenvalue weighted by Gasteiger charge is 2.24. The van der Waals surface area contributed by atoms with E-state index < -0.39 is 18.2 Å². The lowest BCUT2D eigenvalue weighted by Gasteiger charge is -2.24. The maximum Gasteiger partial charge on any atom is 0.306 e. The smallest absolute Gasteiger partial charge is 0.306 e. The van der Waals surface area contributed by atoms with Gasteiger partial charge >= 0.3 is 5.97 Å². The Morgan fingerprint density at radius 1 is 0.492 bits per heavy atom. The van der Waals surface area contributed by atoms with E-state index in [-0.39, 0.29) is 24.9 Å². The highest BCUT2D eigenvalue weighted by Crippen LogP contribution is 2.18. The van der Waals surface area contributed by atoms with Crippen LogP contribution in [0.4, 0.5) is 0 Å². The van der Waals surface area contributed by atoms with E-state index in [1.165, 1.54) is 103 Å². The van der Waals surface area contributed by atoms with Gasteiger partial charge in [0.1, 0.15) is 6.10 Å². The number of esters is 1. The van der Waals surface area contributed by atoms with Crippen molar-refractivity contribution in [2.24, 2.45) is 0 Å². The number of aliphatic hydroxyl groups is 2. The summed E-state index contributed by atoms with van der Waals surface area (Å²) in [4.78, 5) is 26.2. The minimum atomic E-state index is -0.798. The summed E-state index contributed by atoms with van der Waals surface area (Å²) in [5, 5.41) is 23.8. The van der Waals surface area contributed by atoms with Crippen molar-refractivity contribution in [1.29, 1.82) is 0 Å². The number of amides is 1. The number of carbonyl (C=O) groups excluding carboxylic acids is 2. The zero-order valence-corrected chi connectivity index (χ0v) is 41.4. The Labute approximate surface area is 390 Å². The van der Waals surface area contributed by atoms with Gasteiger partial charge in [0.15, 0.2) is 0 Å². The van der Waals surface area contributed by atoms with Crippen LogP contribution in [0.3, 0.4) is 0 Å². The van der Waals surface area contributed by atoms with Crippen molar-refractivity contribution in [3.8, 4) is 0 Å². The number of nitrogens with one attached hydrogen (secondary N) is 1. The van der Waals surface area contributed by atoms with Crippen LogP contribution in [0.1, 0.15) is 252 Å². The lowest BCUT2D eigenvalue weighted by molar-refractivity contribution is -0.151. The Kier molecular flexibility index (Phi) is 48.1. The van der Waals surface area contributed by atoms with E-state index in [1.807, 2.05) is 0 Å². The van der Waals surface area contributed by atoms with E-state index in [2.05, 4.69) is 99.0 Å². The molecule has 0 saturated heterocycles. The first-order valence-corrected chi connectivity index (χ1v) is 26.7. The number of carbonyl (C=O) groups is 2. The minimum Gasteiger partial charge on any atom is -0.462 e. The summed E-state index contributed by atoms with van der Waals surface area (Å²) >= 11 is 0. The van der Waals surface area contributed by atoms with Crippen molar-refractivity contribution in [2.45, 2.75) is 270 Å². The van der Waals surface area contributed by atoms with Gasteiger partial charge in [-0.3, -0.25) is 9.59 Å². The van der Waals surface area contributed by atoms with Crippen LogP contribution in [0, 0.1) is 0 Å². The molecule has 0 fully saturated rings. The molecule has 0 bridgehead atoms. The van der Waals surface area contributed by atoms with Crippen molar-refractivity contribution >= 4 is 11.9 Å². The molecule has 0 aliphatic heterocycles. The van der Waals surface area contributed by atoms with Gasteiger partial charge in [-0.15, -0.1) is 0 Å². The van der Waals surface area contributed by atoms with E-state index in [0.29, 0.717) is 19.3 Å². The summed E-state index contributed by atoms with van der Waals surface area (Å²) in [6, 6.07) is -0.713. The van der Waals surface area contributed by atoms with Crippen LogP contribution in [-0.4, -0.2) is 46.9 Å². The van der Waals surface area contributed by atoms with Crippen LogP contribution in [0.2, 0.25) is 0 Å². The molecule has 0 radical (unpaired) electrons. The molecule has 364 valence electrons. The summed E-state index contributed by atoms with van der Waals surface area (Å²) in [6.07, 6.45) is 63.9. The van der Waals surface area contributed by atoms with Crippen LogP contribution in [0.5, 0.6) is 0 Å². The Morgan fingerprint density at radius 2 is 0.921 bits per heavy atom. The van der Waals surface area contributed by atoms with E-state index in [4.69, 9.17) is 4.74 Å². The third kappa shape index (κ3) is 45.7. The lowest BCUT2D eigenvalue weighted by atomic mass is 10.0. The Morgan fingerprint density at radius 3 is 1.46 bits per heavy atom. The van der Waals surface area contributed by atoms with Crippen molar-refractivity contribution in [3.63, 3.8) is 0 Å². The van der Waals surface area contributed by atoms with Crippen molar-refractivity contribution in [2.75, 3.05) is 6.61 Å². The fourth-order valence-electron chi connectivity index (χ4n) is 7.79. The van der Waals surface area contributed by atoms with Gasteiger partial charge in [0.05, 0.1) is 25.2 Å². The van der Waals surface area contributed by atoms with Crippen LogP contribution in [0.15, 0.2) is 72.9 Å². The molecule has 3 N–H and O–H groups in total. The first-order chi connectivity index (χ1) is 31.0. The molecule has 0 spiro atoms. The Balaban J connectivity index is 4.59. The highest BCUT2D eigenvalue weighted by molar-refractivity contribution is 5.77.